The van der Waals surface area contributed by atoms with Crippen molar-refractivity contribution in [3.8, 4) is 0 Å². The van der Waals surface area contributed by atoms with E-state index in [9.17, 15) is 0 Å². The molecule has 0 bridgehead atoms. The van der Waals surface area contributed by atoms with Crippen molar-refractivity contribution >= 4 is 5.69 Å². The molecule has 0 saturated heterocycles. The summed E-state index contributed by atoms with van der Waals surface area (Å²) in [5.74, 6) is 0. The number of anilines is 1. The number of nitrogens with two attached hydrogens (primary N) is 1. The number of hydrogen-bond acceptors (Lipinski definition) is 2. The Bertz CT molecular complexity index is 279. The van der Waals surface area contributed by atoms with Crippen molar-refractivity contribution < 1.29 is 0 Å². The van der Waals surface area contributed by atoms with E-state index in [0.717, 1.165) is 13.0 Å². The average molecular weight is 206 g/mol. The lowest BCUT2D eigenvalue weighted by atomic mass is 10.1. The highest BCUT2D eigenvalue weighted by molar-refractivity contribution is 5.47. The van der Waals surface area contributed by atoms with Crippen molar-refractivity contribution in [1.82, 2.24) is 0 Å². The summed E-state index contributed by atoms with van der Waals surface area (Å²) >= 11 is 0. The van der Waals surface area contributed by atoms with Crippen LogP contribution in [-0.2, 0) is 0 Å². The molecule has 2 nitrogen and oxygen atoms in total. The van der Waals surface area contributed by atoms with E-state index in [1.54, 1.807) is 0 Å². The molecule has 2 N–H and O–H groups in total. The molecule has 0 amide bonds. The molecule has 0 spiro atoms. The summed E-state index contributed by atoms with van der Waals surface area (Å²) in [6.07, 6.45) is 2.16. The summed E-state index contributed by atoms with van der Waals surface area (Å²) in [5, 5.41) is 0. The van der Waals surface area contributed by atoms with Gasteiger partial charge in [-0.25, -0.2) is 0 Å². The van der Waals surface area contributed by atoms with Crippen molar-refractivity contribution in [3.05, 3.63) is 29.8 Å². The zero-order valence-corrected chi connectivity index (χ0v) is 10.0. The lowest BCUT2D eigenvalue weighted by molar-refractivity contribution is 0.698. The van der Waals surface area contributed by atoms with Gasteiger partial charge in [-0.05, 0) is 30.5 Å². The third-order valence-electron chi connectivity index (χ3n) is 2.76. The lowest BCUT2D eigenvalue weighted by Crippen LogP contribution is -2.17. The second-order valence-corrected chi connectivity index (χ2v) is 4.03. The summed E-state index contributed by atoms with van der Waals surface area (Å²) < 4.78 is 0. The molecule has 0 aliphatic carbocycles. The van der Waals surface area contributed by atoms with Gasteiger partial charge in [-0.1, -0.05) is 26.0 Å². The molecule has 0 aliphatic heterocycles. The van der Waals surface area contributed by atoms with Crippen LogP contribution in [0.5, 0.6) is 0 Å². The van der Waals surface area contributed by atoms with Gasteiger partial charge in [0, 0.05) is 25.3 Å². The number of rotatable bonds is 5. The van der Waals surface area contributed by atoms with E-state index in [4.69, 9.17) is 5.73 Å². The van der Waals surface area contributed by atoms with Crippen molar-refractivity contribution in [2.45, 2.75) is 32.7 Å². The van der Waals surface area contributed by atoms with Gasteiger partial charge in [0.05, 0.1) is 0 Å². The van der Waals surface area contributed by atoms with E-state index < -0.39 is 0 Å². The normalized spacial score (nSPS) is 12.5. The van der Waals surface area contributed by atoms with Crippen LogP contribution in [0.2, 0.25) is 0 Å². The van der Waals surface area contributed by atoms with Gasteiger partial charge in [0.1, 0.15) is 0 Å². The van der Waals surface area contributed by atoms with Gasteiger partial charge in [-0.3, -0.25) is 0 Å². The van der Waals surface area contributed by atoms with E-state index in [0.29, 0.717) is 0 Å². The van der Waals surface area contributed by atoms with E-state index >= 15 is 0 Å². The Labute approximate surface area is 93.1 Å². The minimum atomic E-state index is 0.176. The molecule has 1 atom stereocenters. The Balaban J connectivity index is 2.71. The fourth-order valence-electron chi connectivity index (χ4n) is 1.68. The van der Waals surface area contributed by atoms with Crippen molar-refractivity contribution in [1.29, 1.82) is 0 Å². The Morgan fingerprint density at radius 3 is 2.27 bits per heavy atom. The van der Waals surface area contributed by atoms with Crippen LogP contribution in [-0.4, -0.2) is 13.6 Å². The molecular weight excluding hydrogens is 184 g/mol. The fourth-order valence-corrected chi connectivity index (χ4v) is 1.68. The predicted octanol–water partition coefficient (Wildman–Crippen LogP) is 2.94. The summed E-state index contributed by atoms with van der Waals surface area (Å²) in [6.45, 7) is 5.40. The predicted molar refractivity (Wildman–Crippen MR) is 67.2 cm³/mol. The first-order chi connectivity index (χ1) is 7.19. The van der Waals surface area contributed by atoms with Gasteiger partial charge >= 0.3 is 0 Å². The highest BCUT2D eigenvalue weighted by Gasteiger charge is 2.04. The van der Waals surface area contributed by atoms with Crippen LogP contribution in [0.15, 0.2) is 24.3 Å². The summed E-state index contributed by atoms with van der Waals surface area (Å²) in [4.78, 5) is 2.27. The molecule has 1 unspecified atom stereocenters. The van der Waals surface area contributed by atoms with Gasteiger partial charge < -0.3 is 10.6 Å². The van der Waals surface area contributed by atoms with Crippen LogP contribution in [0.3, 0.4) is 0 Å². The van der Waals surface area contributed by atoms with E-state index in [1.165, 1.54) is 17.7 Å². The molecular formula is C13H22N2. The van der Waals surface area contributed by atoms with Crippen LogP contribution >= 0.6 is 0 Å². The molecule has 0 aliphatic rings. The first kappa shape index (κ1) is 12.1. The molecule has 1 aromatic rings. The summed E-state index contributed by atoms with van der Waals surface area (Å²) in [7, 11) is 2.12. The number of benzene rings is 1. The quantitative estimate of drug-likeness (QED) is 0.802. The zero-order chi connectivity index (χ0) is 11.3. The first-order valence-corrected chi connectivity index (χ1v) is 5.75. The van der Waals surface area contributed by atoms with Gasteiger partial charge in [-0.2, -0.15) is 0 Å². The zero-order valence-electron chi connectivity index (χ0n) is 10.0. The van der Waals surface area contributed by atoms with Gasteiger partial charge in [0.25, 0.3) is 0 Å². The molecule has 84 valence electrons. The molecule has 15 heavy (non-hydrogen) atoms. The topological polar surface area (TPSA) is 29.3 Å². The summed E-state index contributed by atoms with van der Waals surface area (Å²) in [6, 6.07) is 8.75. The van der Waals surface area contributed by atoms with Crippen LogP contribution < -0.4 is 10.6 Å². The SMILES string of the molecule is CCCN(C)c1ccc(C(N)CC)cc1. The molecule has 0 fully saturated rings. The second-order valence-electron chi connectivity index (χ2n) is 4.03. The molecule has 1 rings (SSSR count). The lowest BCUT2D eigenvalue weighted by Gasteiger charge is -2.19. The average Bonchev–Trinajstić information content (AvgIpc) is 2.28. The van der Waals surface area contributed by atoms with Crippen LogP contribution in [0.4, 0.5) is 5.69 Å². The Kier molecular flexibility index (Phi) is 4.63. The van der Waals surface area contributed by atoms with E-state index in [1.807, 2.05) is 0 Å². The standard InChI is InChI=1S/C13H22N2/c1-4-10-15(3)12-8-6-11(7-9-12)13(14)5-2/h6-9,13H,4-5,10,14H2,1-3H3. The van der Waals surface area contributed by atoms with Crippen LogP contribution in [0.1, 0.15) is 38.3 Å². The second kappa shape index (κ2) is 5.76. The minimum Gasteiger partial charge on any atom is -0.375 e. The molecule has 2 heteroatoms. The molecule has 1 aromatic carbocycles. The Morgan fingerprint density at radius 2 is 1.80 bits per heavy atom. The molecule has 0 radical (unpaired) electrons. The van der Waals surface area contributed by atoms with Crippen molar-refractivity contribution in [2.24, 2.45) is 5.73 Å². The third-order valence-corrected chi connectivity index (χ3v) is 2.76. The number of hydrogen-bond donors (Lipinski definition) is 1. The largest absolute Gasteiger partial charge is 0.375 e. The third kappa shape index (κ3) is 3.24. The van der Waals surface area contributed by atoms with Crippen LogP contribution in [0.25, 0.3) is 0 Å². The first-order valence-electron chi connectivity index (χ1n) is 5.75. The van der Waals surface area contributed by atoms with Gasteiger partial charge in [0.15, 0.2) is 0 Å². The van der Waals surface area contributed by atoms with E-state index in [2.05, 4.69) is 50.1 Å². The number of nitrogens with zero attached hydrogens (tertiary/aromatic N) is 1. The smallest absolute Gasteiger partial charge is 0.0363 e. The summed E-state index contributed by atoms with van der Waals surface area (Å²) in [5.41, 5.74) is 8.46. The fraction of sp³-hybridized carbons (Fsp3) is 0.538. The maximum atomic E-state index is 5.97. The van der Waals surface area contributed by atoms with E-state index in [-0.39, 0.29) is 6.04 Å². The highest BCUT2D eigenvalue weighted by atomic mass is 15.1. The van der Waals surface area contributed by atoms with Crippen molar-refractivity contribution in [3.63, 3.8) is 0 Å². The maximum Gasteiger partial charge on any atom is 0.0363 e. The van der Waals surface area contributed by atoms with Gasteiger partial charge in [0.2, 0.25) is 0 Å². The highest BCUT2D eigenvalue weighted by Crippen LogP contribution is 2.18. The van der Waals surface area contributed by atoms with Gasteiger partial charge in [-0.15, -0.1) is 0 Å². The monoisotopic (exact) mass is 206 g/mol. The Morgan fingerprint density at radius 1 is 1.20 bits per heavy atom. The maximum absolute atomic E-state index is 5.97. The van der Waals surface area contributed by atoms with Crippen LogP contribution in [0, 0.1) is 0 Å². The molecule has 0 aromatic heterocycles. The Hall–Kier alpha value is -1.02. The van der Waals surface area contributed by atoms with Crippen molar-refractivity contribution in [2.75, 3.05) is 18.5 Å². The minimum absolute atomic E-state index is 0.176. The molecule has 0 heterocycles. The molecule has 0 saturated carbocycles.